The van der Waals surface area contributed by atoms with Crippen molar-refractivity contribution in [2.45, 2.75) is 79.1 Å². The second-order valence-corrected chi connectivity index (χ2v) is 16.3. The Bertz CT molecular complexity index is 737. The standard InChI is InChI=1S/C20H39NO7SSi/c1-15(18(23)24)13-17(28-30(8,9)19(3,4)5)20(6,7)14-27-29(25,26)12-10-11-21-16(2)22/h13,17H,10-12,14H2,1-9H3,(H,21,22)(H,23,24)/t17-/m0/s1. The van der Waals surface area contributed by atoms with Crippen LogP contribution in [0.25, 0.3) is 0 Å². The maximum Gasteiger partial charge on any atom is 0.331 e. The van der Waals surface area contributed by atoms with Crippen LogP contribution in [0.2, 0.25) is 18.1 Å². The van der Waals surface area contributed by atoms with Gasteiger partial charge in [0.1, 0.15) is 0 Å². The molecular weight excluding hydrogens is 426 g/mol. The van der Waals surface area contributed by atoms with Gasteiger partial charge in [-0.1, -0.05) is 34.6 Å². The van der Waals surface area contributed by atoms with Crippen molar-refractivity contribution in [1.82, 2.24) is 5.32 Å². The van der Waals surface area contributed by atoms with Crippen LogP contribution >= 0.6 is 0 Å². The summed E-state index contributed by atoms with van der Waals surface area (Å²) < 4.78 is 36.2. The number of carbonyl (C=O) groups excluding carboxylic acids is 1. The molecule has 2 N–H and O–H groups in total. The quantitative estimate of drug-likeness (QED) is 0.196. The summed E-state index contributed by atoms with van der Waals surface area (Å²) in [4.78, 5) is 22.2. The van der Waals surface area contributed by atoms with Crippen molar-refractivity contribution in [3.63, 3.8) is 0 Å². The first kappa shape index (κ1) is 28.8. The van der Waals surface area contributed by atoms with E-state index in [0.29, 0.717) is 0 Å². The molecule has 0 heterocycles. The molecule has 0 rings (SSSR count). The highest BCUT2D eigenvalue weighted by Gasteiger charge is 2.43. The van der Waals surface area contributed by atoms with Crippen molar-refractivity contribution in [2.24, 2.45) is 5.41 Å². The zero-order valence-corrected chi connectivity index (χ0v) is 21.6. The highest BCUT2D eigenvalue weighted by molar-refractivity contribution is 7.86. The largest absolute Gasteiger partial charge is 0.478 e. The Hall–Kier alpha value is -1.23. The fourth-order valence-electron chi connectivity index (χ4n) is 2.11. The maximum absolute atomic E-state index is 12.2. The molecule has 1 atom stereocenters. The van der Waals surface area contributed by atoms with Crippen LogP contribution in [0.1, 0.15) is 54.9 Å². The first-order chi connectivity index (χ1) is 13.3. The first-order valence-electron chi connectivity index (χ1n) is 10.0. The van der Waals surface area contributed by atoms with Crippen molar-refractivity contribution in [2.75, 3.05) is 18.9 Å². The van der Waals surface area contributed by atoms with Crippen molar-refractivity contribution in [3.8, 4) is 0 Å². The van der Waals surface area contributed by atoms with Gasteiger partial charge in [-0.25, -0.2) is 4.79 Å². The van der Waals surface area contributed by atoms with E-state index in [9.17, 15) is 23.1 Å². The normalized spacial score (nSPS) is 15.0. The van der Waals surface area contributed by atoms with Gasteiger partial charge in [-0.2, -0.15) is 8.42 Å². The second kappa shape index (κ2) is 10.9. The number of hydrogen-bond donors (Lipinski definition) is 2. The third-order valence-corrected chi connectivity index (χ3v) is 11.0. The summed E-state index contributed by atoms with van der Waals surface area (Å²) in [7, 11) is -6.07. The lowest BCUT2D eigenvalue weighted by Crippen LogP contribution is -2.48. The number of hydrogen-bond acceptors (Lipinski definition) is 6. The van der Waals surface area contributed by atoms with Crippen molar-refractivity contribution in [1.29, 1.82) is 0 Å². The van der Waals surface area contributed by atoms with Crippen LogP contribution in [-0.4, -0.2) is 58.7 Å². The minimum atomic E-state index is -3.80. The zero-order valence-electron chi connectivity index (χ0n) is 19.8. The number of carboxylic acid groups (broad SMARTS) is 1. The van der Waals surface area contributed by atoms with Gasteiger partial charge in [-0.3, -0.25) is 8.98 Å². The highest BCUT2D eigenvalue weighted by Crippen LogP contribution is 2.40. The molecule has 176 valence electrons. The van der Waals surface area contributed by atoms with Crippen LogP contribution in [0.5, 0.6) is 0 Å². The van der Waals surface area contributed by atoms with E-state index in [-0.39, 0.29) is 41.8 Å². The molecule has 0 bridgehead atoms. The van der Waals surface area contributed by atoms with Gasteiger partial charge in [-0.05, 0) is 37.6 Å². The molecule has 0 aromatic rings. The van der Waals surface area contributed by atoms with E-state index in [0.717, 1.165) is 0 Å². The van der Waals surface area contributed by atoms with Crippen molar-refractivity contribution < 1.29 is 31.7 Å². The van der Waals surface area contributed by atoms with E-state index in [1.165, 1.54) is 19.9 Å². The predicted molar refractivity (Wildman–Crippen MR) is 120 cm³/mol. The highest BCUT2D eigenvalue weighted by atomic mass is 32.2. The summed E-state index contributed by atoms with van der Waals surface area (Å²) in [5.41, 5.74) is -0.665. The van der Waals surface area contributed by atoms with E-state index >= 15 is 0 Å². The number of aliphatic carboxylic acids is 1. The first-order valence-corrected chi connectivity index (χ1v) is 14.5. The minimum absolute atomic E-state index is 0.108. The van der Waals surface area contributed by atoms with Gasteiger partial charge < -0.3 is 14.8 Å². The van der Waals surface area contributed by atoms with Crippen LogP contribution < -0.4 is 5.32 Å². The number of amides is 1. The molecule has 0 aliphatic carbocycles. The van der Waals surface area contributed by atoms with Crippen molar-refractivity contribution in [3.05, 3.63) is 11.6 Å². The molecular formula is C20H39NO7SSi. The van der Waals surface area contributed by atoms with Gasteiger partial charge in [-0.15, -0.1) is 0 Å². The Morgan fingerprint density at radius 1 is 1.13 bits per heavy atom. The van der Waals surface area contributed by atoms with E-state index < -0.39 is 35.9 Å². The van der Waals surface area contributed by atoms with Crippen molar-refractivity contribution >= 4 is 30.3 Å². The Morgan fingerprint density at radius 3 is 2.10 bits per heavy atom. The average Bonchev–Trinajstić information content (AvgIpc) is 2.55. The predicted octanol–water partition coefficient (Wildman–Crippen LogP) is 3.31. The molecule has 0 spiro atoms. The van der Waals surface area contributed by atoms with Crippen LogP contribution in [0, 0.1) is 5.41 Å². The van der Waals surface area contributed by atoms with E-state index in [2.05, 4.69) is 39.2 Å². The molecule has 0 saturated heterocycles. The van der Waals surface area contributed by atoms with E-state index in [1.807, 2.05) is 0 Å². The monoisotopic (exact) mass is 465 g/mol. The zero-order chi connectivity index (χ0) is 24.0. The number of carboxylic acids is 1. The fraction of sp³-hybridized carbons (Fsp3) is 0.800. The lowest BCUT2D eigenvalue weighted by Gasteiger charge is -2.43. The Morgan fingerprint density at radius 2 is 1.67 bits per heavy atom. The van der Waals surface area contributed by atoms with Gasteiger partial charge in [0.05, 0.1) is 18.5 Å². The van der Waals surface area contributed by atoms with Crippen LogP contribution in [0.3, 0.4) is 0 Å². The number of rotatable bonds is 12. The summed E-state index contributed by atoms with van der Waals surface area (Å²) in [6, 6.07) is 0. The molecule has 0 unspecified atom stereocenters. The Balaban J connectivity index is 5.44. The molecule has 10 heteroatoms. The molecule has 0 aliphatic heterocycles. The molecule has 0 aromatic heterocycles. The van der Waals surface area contributed by atoms with Gasteiger partial charge in [0.25, 0.3) is 10.1 Å². The third-order valence-electron chi connectivity index (χ3n) is 5.29. The molecule has 0 saturated carbocycles. The average molecular weight is 466 g/mol. The smallest absolute Gasteiger partial charge is 0.331 e. The van der Waals surface area contributed by atoms with E-state index in [1.54, 1.807) is 13.8 Å². The van der Waals surface area contributed by atoms with Crippen LogP contribution in [0.4, 0.5) is 0 Å². The minimum Gasteiger partial charge on any atom is -0.478 e. The molecule has 0 aliphatic rings. The third kappa shape index (κ3) is 10.2. The molecule has 30 heavy (non-hydrogen) atoms. The van der Waals surface area contributed by atoms with E-state index in [4.69, 9.17) is 8.61 Å². The summed E-state index contributed by atoms with van der Waals surface area (Å²) in [6.07, 6.45) is 1.14. The fourth-order valence-corrected chi connectivity index (χ4v) is 4.58. The van der Waals surface area contributed by atoms with Gasteiger partial charge in [0.15, 0.2) is 8.32 Å². The second-order valence-electron chi connectivity index (χ2n) is 9.80. The lowest BCUT2D eigenvalue weighted by molar-refractivity contribution is -0.132. The Labute approximate surface area is 182 Å². The van der Waals surface area contributed by atoms with Gasteiger partial charge in [0.2, 0.25) is 5.91 Å². The van der Waals surface area contributed by atoms with Gasteiger partial charge >= 0.3 is 5.97 Å². The van der Waals surface area contributed by atoms with Gasteiger partial charge in [0, 0.05) is 24.5 Å². The number of nitrogens with one attached hydrogen (secondary N) is 1. The summed E-state index contributed by atoms with van der Waals surface area (Å²) in [5.74, 6) is -1.50. The molecule has 8 nitrogen and oxygen atoms in total. The van der Waals surface area contributed by atoms with Crippen LogP contribution in [-0.2, 0) is 28.3 Å². The maximum atomic E-state index is 12.2. The lowest BCUT2D eigenvalue weighted by atomic mass is 9.86. The molecule has 0 aromatic carbocycles. The molecule has 0 radical (unpaired) electrons. The topological polar surface area (TPSA) is 119 Å². The summed E-state index contributed by atoms with van der Waals surface area (Å²) in [6.45, 7) is 16.9. The Kier molecular flexibility index (Phi) is 10.4. The summed E-state index contributed by atoms with van der Waals surface area (Å²) >= 11 is 0. The number of carbonyl (C=O) groups is 2. The molecule has 1 amide bonds. The summed E-state index contributed by atoms with van der Waals surface area (Å²) in [5, 5.41) is 11.7. The van der Waals surface area contributed by atoms with Crippen LogP contribution in [0.15, 0.2) is 11.6 Å². The molecule has 0 fully saturated rings. The SMILES string of the molecule is CC(=O)NCCCS(=O)(=O)OCC(C)(C)[C@H](C=C(C)C(=O)O)O[Si](C)(C)C(C)(C)C.